The van der Waals surface area contributed by atoms with Crippen molar-refractivity contribution in [2.24, 2.45) is 0 Å². The molecule has 3 nitrogen and oxygen atoms in total. The summed E-state index contributed by atoms with van der Waals surface area (Å²) in [4.78, 5) is 4.50. The van der Waals surface area contributed by atoms with Gasteiger partial charge >= 0.3 is 0 Å². The van der Waals surface area contributed by atoms with Crippen LogP contribution in [0.2, 0.25) is 0 Å². The molecule has 3 rings (SSSR count). The number of hydrogen-bond acceptors (Lipinski definition) is 3. The third kappa shape index (κ3) is 3.10. The minimum atomic E-state index is -0.932. The van der Waals surface area contributed by atoms with E-state index in [2.05, 4.69) is 26.2 Å². The van der Waals surface area contributed by atoms with E-state index in [1.807, 2.05) is 30.3 Å². The number of anilines is 1. The maximum Gasteiger partial charge on any atom is 0.129 e. The van der Waals surface area contributed by atoms with E-state index in [0.717, 1.165) is 15.4 Å². The van der Waals surface area contributed by atoms with Crippen LogP contribution in [0.5, 0.6) is 0 Å². The Morgan fingerprint density at radius 3 is 2.73 bits per heavy atom. The number of halogens is 2. The first-order chi connectivity index (χ1) is 10.6. The second kappa shape index (κ2) is 6.42. The van der Waals surface area contributed by atoms with Gasteiger partial charge in [-0.2, -0.15) is 0 Å². The zero-order valence-electron chi connectivity index (χ0n) is 11.6. The van der Waals surface area contributed by atoms with Crippen molar-refractivity contribution in [3.05, 3.63) is 70.5 Å². The smallest absolute Gasteiger partial charge is 0.129 e. The number of aliphatic hydroxyl groups excluding tert-OH is 1. The predicted molar refractivity (Wildman–Crippen MR) is 89.3 cm³/mol. The molecule has 5 heteroatoms. The lowest BCUT2D eigenvalue weighted by atomic mass is 10.1. The van der Waals surface area contributed by atoms with Gasteiger partial charge in [0, 0.05) is 22.0 Å². The zero-order chi connectivity index (χ0) is 15.5. The fraction of sp³-hybridized carbons (Fsp3) is 0.118. The van der Waals surface area contributed by atoms with E-state index >= 15 is 0 Å². The zero-order valence-corrected chi connectivity index (χ0v) is 13.2. The summed E-state index contributed by atoms with van der Waals surface area (Å²) in [6, 6.07) is 15.8. The van der Waals surface area contributed by atoms with Gasteiger partial charge < -0.3 is 10.4 Å². The van der Waals surface area contributed by atoms with E-state index in [1.54, 1.807) is 18.2 Å². The number of fused-ring (bicyclic) bond motifs is 1. The SMILES string of the molecule is OC(CNc1ccc2cccc(Br)c2n1)c1ccccc1F. The van der Waals surface area contributed by atoms with Crippen molar-refractivity contribution < 1.29 is 9.50 Å². The van der Waals surface area contributed by atoms with Gasteiger partial charge in [0.25, 0.3) is 0 Å². The van der Waals surface area contributed by atoms with Crippen LogP contribution in [0, 0.1) is 5.82 Å². The van der Waals surface area contributed by atoms with Gasteiger partial charge in [0.05, 0.1) is 11.6 Å². The molecule has 0 saturated heterocycles. The summed E-state index contributed by atoms with van der Waals surface area (Å²) in [5.41, 5.74) is 1.12. The molecule has 0 saturated carbocycles. The van der Waals surface area contributed by atoms with E-state index in [0.29, 0.717) is 5.82 Å². The predicted octanol–water partition coefficient (Wildman–Crippen LogP) is 4.28. The first-order valence-electron chi connectivity index (χ1n) is 6.87. The van der Waals surface area contributed by atoms with Gasteiger partial charge in [0.1, 0.15) is 11.6 Å². The van der Waals surface area contributed by atoms with Crippen LogP contribution in [0.4, 0.5) is 10.2 Å². The van der Waals surface area contributed by atoms with E-state index < -0.39 is 11.9 Å². The molecule has 0 radical (unpaired) electrons. The summed E-state index contributed by atoms with van der Waals surface area (Å²) in [6.45, 7) is 0.184. The van der Waals surface area contributed by atoms with Crippen molar-refractivity contribution in [1.29, 1.82) is 0 Å². The number of rotatable bonds is 4. The molecule has 0 fully saturated rings. The van der Waals surface area contributed by atoms with Gasteiger partial charge in [-0.05, 0) is 40.2 Å². The van der Waals surface area contributed by atoms with Crippen LogP contribution in [0.1, 0.15) is 11.7 Å². The fourth-order valence-corrected chi connectivity index (χ4v) is 2.74. The fourth-order valence-electron chi connectivity index (χ4n) is 2.27. The average Bonchev–Trinajstić information content (AvgIpc) is 2.53. The summed E-state index contributed by atoms with van der Waals surface area (Å²) in [5.74, 6) is 0.223. The first-order valence-corrected chi connectivity index (χ1v) is 7.66. The van der Waals surface area contributed by atoms with Crippen molar-refractivity contribution in [1.82, 2.24) is 4.98 Å². The van der Waals surface area contributed by atoms with Crippen molar-refractivity contribution in [2.75, 3.05) is 11.9 Å². The molecule has 0 spiro atoms. The molecule has 2 N–H and O–H groups in total. The quantitative estimate of drug-likeness (QED) is 0.729. The third-order valence-electron chi connectivity index (χ3n) is 3.41. The minimum absolute atomic E-state index is 0.184. The Balaban J connectivity index is 1.76. The standard InChI is InChI=1S/C17H14BrFN2O/c18-13-6-3-4-11-8-9-16(21-17(11)13)20-10-15(22)12-5-1-2-7-14(12)19/h1-9,15,22H,10H2,(H,20,21). The molecule has 22 heavy (non-hydrogen) atoms. The normalized spacial score (nSPS) is 12.3. The number of hydrogen-bond donors (Lipinski definition) is 2. The van der Waals surface area contributed by atoms with E-state index in [-0.39, 0.29) is 12.1 Å². The molecular formula is C17H14BrFN2O. The topological polar surface area (TPSA) is 45.1 Å². The first kappa shape index (κ1) is 14.9. The number of nitrogens with zero attached hydrogens (tertiary/aromatic N) is 1. The molecule has 1 atom stereocenters. The summed E-state index contributed by atoms with van der Waals surface area (Å²) >= 11 is 3.47. The van der Waals surface area contributed by atoms with E-state index in [1.165, 1.54) is 6.07 Å². The molecule has 0 aliphatic heterocycles. The summed E-state index contributed by atoms with van der Waals surface area (Å²) in [5, 5.41) is 14.2. The van der Waals surface area contributed by atoms with Crippen molar-refractivity contribution in [2.45, 2.75) is 6.10 Å². The van der Waals surface area contributed by atoms with Crippen LogP contribution in [-0.2, 0) is 0 Å². The van der Waals surface area contributed by atoms with Crippen molar-refractivity contribution in [3.63, 3.8) is 0 Å². The molecule has 1 unspecified atom stereocenters. The monoisotopic (exact) mass is 360 g/mol. The van der Waals surface area contributed by atoms with Crippen LogP contribution in [0.15, 0.2) is 59.1 Å². The number of benzene rings is 2. The van der Waals surface area contributed by atoms with Crippen molar-refractivity contribution in [3.8, 4) is 0 Å². The Labute approximate surface area is 135 Å². The molecule has 0 bridgehead atoms. The highest BCUT2D eigenvalue weighted by atomic mass is 79.9. The molecular weight excluding hydrogens is 347 g/mol. The Kier molecular flexibility index (Phi) is 4.36. The molecule has 0 amide bonds. The van der Waals surface area contributed by atoms with Crippen LogP contribution < -0.4 is 5.32 Å². The highest BCUT2D eigenvalue weighted by molar-refractivity contribution is 9.10. The molecule has 1 aromatic heterocycles. The molecule has 3 aromatic rings. The van der Waals surface area contributed by atoms with Gasteiger partial charge in [-0.15, -0.1) is 0 Å². The Morgan fingerprint density at radius 2 is 1.91 bits per heavy atom. The van der Waals surface area contributed by atoms with E-state index in [4.69, 9.17) is 0 Å². The van der Waals surface area contributed by atoms with Crippen LogP contribution >= 0.6 is 15.9 Å². The lowest BCUT2D eigenvalue weighted by molar-refractivity contribution is 0.186. The van der Waals surface area contributed by atoms with Crippen LogP contribution in [0.3, 0.4) is 0 Å². The number of pyridine rings is 1. The van der Waals surface area contributed by atoms with Crippen LogP contribution in [-0.4, -0.2) is 16.6 Å². The maximum atomic E-state index is 13.6. The number of nitrogens with one attached hydrogen (secondary N) is 1. The Hall–Kier alpha value is -1.98. The number of aliphatic hydroxyl groups is 1. The van der Waals surface area contributed by atoms with Gasteiger partial charge in [0.15, 0.2) is 0 Å². The molecule has 0 aliphatic carbocycles. The lowest BCUT2D eigenvalue weighted by Crippen LogP contribution is -2.14. The largest absolute Gasteiger partial charge is 0.386 e. The highest BCUT2D eigenvalue weighted by Gasteiger charge is 2.12. The summed E-state index contributed by atoms with van der Waals surface area (Å²) in [7, 11) is 0. The molecule has 112 valence electrons. The summed E-state index contributed by atoms with van der Waals surface area (Å²) in [6.07, 6.45) is -0.932. The van der Waals surface area contributed by atoms with Crippen LogP contribution in [0.25, 0.3) is 10.9 Å². The van der Waals surface area contributed by atoms with Gasteiger partial charge in [-0.25, -0.2) is 9.37 Å². The lowest BCUT2D eigenvalue weighted by Gasteiger charge is -2.14. The maximum absolute atomic E-state index is 13.6. The molecule has 1 heterocycles. The third-order valence-corrected chi connectivity index (χ3v) is 4.05. The Morgan fingerprint density at radius 1 is 1.09 bits per heavy atom. The minimum Gasteiger partial charge on any atom is -0.386 e. The van der Waals surface area contributed by atoms with Gasteiger partial charge in [-0.1, -0.05) is 30.3 Å². The molecule has 2 aromatic carbocycles. The average molecular weight is 361 g/mol. The second-order valence-electron chi connectivity index (χ2n) is 4.93. The number of aromatic nitrogens is 1. The molecule has 0 aliphatic rings. The highest BCUT2D eigenvalue weighted by Crippen LogP contribution is 2.24. The number of para-hydroxylation sites is 1. The summed E-state index contributed by atoms with van der Waals surface area (Å²) < 4.78 is 14.5. The van der Waals surface area contributed by atoms with Crippen molar-refractivity contribution >= 4 is 32.7 Å². The second-order valence-corrected chi connectivity index (χ2v) is 5.78. The van der Waals surface area contributed by atoms with Gasteiger partial charge in [0.2, 0.25) is 0 Å². The van der Waals surface area contributed by atoms with Gasteiger partial charge in [-0.3, -0.25) is 0 Å². The Bertz CT molecular complexity index is 810. The van der Waals surface area contributed by atoms with E-state index in [9.17, 15) is 9.50 Å².